The third-order valence-corrected chi connectivity index (χ3v) is 7.47. The third kappa shape index (κ3) is 5.20. The van der Waals surface area contributed by atoms with Gasteiger partial charge in [0.1, 0.15) is 11.1 Å². The summed E-state index contributed by atoms with van der Waals surface area (Å²) in [6.07, 6.45) is 0.527. The molecule has 9 heteroatoms. The van der Waals surface area contributed by atoms with Gasteiger partial charge in [-0.25, -0.2) is 9.40 Å². The highest BCUT2D eigenvalue weighted by atomic mass is 35.5. The summed E-state index contributed by atoms with van der Waals surface area (Å²) < 4.78 is 13.5. The number of hydrogen-bond donors (Lipinski definition) is 1. The first-order valence-corrected chi connectivity index (χ1v) is 12.7. The summed E-state index contributed by atoms with van der Waals surface area (Å²) in [5.74, 6) is -1.02. The molecule has 0 bridgehead atoms. The van der Waals surface area contributed by atoms with Gasteiger partial charge in [0.15, 0.2) is 5.17 Å². The lowest BCUT2D eigenvalue weighted by molar-refractivity contribution is -0.121. The van der Waals surface area contributed by atoms with E-state index in [-0.39, 0.29) is 30.1 Å². The molecule has 0 aromatic heterocycles. The standard InChI is InChI=1S/C27H22ClFN4O2S/c1-16-6-8-18(9-7-16)23-14-22(17-10-12-19(29)13-11-17)32-33(23)27-31-26(35)24(36-27)15-25(34)30-21-5-3-2-4-20(21)28/h2-13,23-24H,14-15H2,1H3,(H,30,34). The van der Waals surface area contributed by atoms with Gasteiger partial charge >= 0.3 is 0 Å². The Kier molecular flexibility index (Phi) is 6.89. The summed E-state index contributed by atoms with van der Waals surface area (Å²) in [7, 11) is 0. The van der Waals surface area contributed by atoms with Gasteiger partial charge in [-0.15, -0.1) is 0 Å². The van der Waals surface area contributed by atoms with E-state index in [1.54, 1.807) is 41.4 Å². The molecule has 2 aliphatic rings. The molecular formula is C27H22ClFN4O2S. The van der Waals surface area contributed by atoms with E-state index in [0.29, 0.717) is 22.3 Å². The summed E-state index contributed by atoms with van der Waals surface area (Å²) >= 11 is 7.35. The van der Waals surface area contributed by atoms with Crippen LogP contribution in [0.4, 0.5) is 10.1 Å². The van der Waals surface area contributed by atoms with Crippen LogP contribution in [0.15, 0.2) is 82.9 Å². The van der Waals surface area contributed by atoms with Gasteiger partial charge < -0.3 is 5.32 Å². The highest BCUT2D eigenvalue weighted by Gasteiger charge is 2.39. The quantitative estimate of drug-likeness (QED) is 0.450. The van der Waals surface area contributed by atoms with Gasteiger partial charge in [-0.05, 0) is 42.3 Å². The Labute approximate surface area is 217 Å². The molecule has 2 heterocycles. The third-order valence-electron chi connectivity index (χ3n) is 5.99. The zero-order valence-electron chi connectivity index (χ0n) is 19.3. The first-order valence-electron chi connectivity index (χ1n) is 11.4. The number of amidine groups is 1. The molecule has 1 N–H and O–H groups in total. The lowest BCUT2D eigenvalue weighted by Crippen LogP contribution is -2.25. The number of thioether (sulfide) groups is 1. The highest BCUT2D eigenvalue weighted by molar-refractivity contribution is 8.15. The van der Waals surface area contributed by atoms with Crippen LogP contribution in [-0.2, 0) is 9.59 Å². The van der Waals surface area contributed by atoms with Crippen molar-refractivity contribution >= 4 is 51.7 Å². The lowest BCUT2D eigenvalue weighted by Gasteiger charge is -2.23. The number of aliphatic imine (C=N–C) groups is 1. The molecular weight excluding hydrogens is 499 g/mol. The van der Waals surface area contributed by atoms with Gasteiger partial charge in [0, 0.05) is 12.8 Å². The molecule has 0 spiro atoms. The van der Waals surface area contributed by atoms with Crippen LogP contribution >= 0.6 is 23.4 Å². The molecule has 2 unspecified atom stereocenters. The fourth-order valence-corrected chi connectivity index (χ4v) is 5.33. The zero-order chi connectivity index (χ0) is 25.2. The molecule has 2 atom stereocenters. The van der Waals surface area contributed by atoms with Gasteiger partial charge in [-0.1, -0.05) is 77.5 Å². The van der Waals surface area contributed by atoms with E-state index in [9.17, 15) is 14.0 Å². The van der Waals surface area contributed by atoms with Crippen LogP contribution in [0.25, 0.3) is 0 Å². The Bertz CT molecular complexity index is 1380. The van der Waals surface area contributed by atoms with Crippen molar-refractivity contribution in [3.8, 4) is 0 Å². The van der Waals surface area contributed by atoms with Gasteiger partial charge in [-0.3, -0.25) is 9.59 Å². The second-order valence-corrected chi connectivity index (χ2v) is 10.2. The molecule has 0 radical (unpaired) electrons. The molecule has 0 saturated heterocycles. The minimum atomic E-state index is -0.661. The number of nitrogens with zero attached hydrogens (tertiary/aromatic N) is 3. The zero-order valence-corrected chi connectivity index (χ0v) is 20.9. The molecule has 3 aromatic carbocycles. The number of amides is 2. The molecule has 5 rings (SSSR count). The van der Waals surface area contributed by atoms with Crippen molar-refractivity contribution in [1.29, 1.82) is 0 Å². The fourth-order valence-electron chi connectivity index (χ4n) is 4.09. The van der Waals surface area contributed by atoms with Crippen LogP contribution in [-0.4, -0.2) is 33.0 Å². The number of benzene rings is 3. The van der Waals surface area contributed by atoms with E-state index in [1.807, 2.05) is 31.2 Å². The number of para-hydroxylation sites is 1. The number of anilines is 1. The number of carbonyl (C=O) groups is 2. The number of rotatable bonds is 5. The number of carbonyl (C=O) groups excluding carboxylic acids is 2. The molecule has 2 amide bonds. The first kappa shape index (κ1) is 24.2. The Morgan fingerprint density at radius 1 is 1.11 bits per heavy atom. The van der Waals surface area contributed by atoms with Crippen molar-refractivity contribution in [2.24, 2.45) is 10.1 Å². The second kappa shape index (κ2) is 10.2. The Morgan fingerprint density at radius 2 is 1.83 bits per heavy atom. The van der Waals surface area contributed by atoms with Crippen molar-refractivity contribution < 1.29 is 14.0 Å². The predicted molar refractivity (Wildman–Crippen MR) is 142 cm³/mol. The Morgan fingerprint density at radius 3 is 2.56 bits per heavy atom. The number of hydrogen-bond acceptors (Lipinski definition) is 5. The molecule has 36 heavy (non-hydrogen) atoms. The second-order valence-electron chi connectivity index (χ2n) is 8.60. The largest absolute Gasteiger partial charge is 0.325 e. The SMILES string of the molecule is Cc1ccc(C2CC(c3ccc(F)cc3)=NN2C2=NC(=O)C(CC(=O)Nc3ccccc3Cl)S2)cc1. The van der Waals surface area contributed by atoms with Crippen molar-refractivity contribution in [2.45, 2.75) is 31.1 Å². The molecule has 182 valence electrons. The van der Waals surface area contributed by atoms with Gasteiger partial charge in [0.2, 0.25) is 5.91 Å². The van der Waals surface area contributed by atoms with Crippen molar-refractivity contribution in [3.63, 3.8) is 0 Å². The van der Waals surface area contributed by atoms with Crippen LogP contribution in [0, 0.1) is 12.7 Å². The summed E-state index contributed by atoms with van der Waals surface area (Å²) in [6, 6.07) is 21.1. The molecule has 6 nitrogen and oxygen atoms in total. The number of nitrogens with one attached hydrogen (secondary N) is 1. The molecule has 3 aromatic rings. The Balaban J connectivity index is 1.36. The topological polar surface area (TPSA) is 74.1 Å². The maximum atomic E-state index is 13.5. The van der Waals surface area contributed by atoms with E-state index in [4.69, 9.17) is 16.7 Å². The monoisotopic (exact) mass is 520 g/mol. The summed E-state index contributed by atoms with van der Waals surface area (Å²) in [6.45, 7) is 2.02. The van der Waals surface area contributed by atoms with Crippen molar-refractivity contribution in [3.05, 3.63) is 100 Å². The average Bonchev–Trinajstić information content (AvgIpc) is 3.45. The van der Waals surface area contributed by atoms with E-state index in [2.05, 4.69) is 10.3 Å². The van der Waals surface area contributed by atoms with Crippen LogP contribution < -0.4 is 5.32 Å². The molecule has 2 aliphatic heterocycles. The normalized spacial score (nSPS) is 19.3. The van der Waals surface area contributed by atoms with Gasteiger partial charge in [-0.2, -0.15) is 10.1 Å². The minimum Gasteiger partial charge on any atom is -0.325 e. The summed E-state index contributed by atoms with van der Waals surface area (Å²) in [5, 5.41) is 9.49. The van der Waals surface area contributed by atoms with E-state index in [0.717, 1.165) is 22.4 Å². The molecule has 0 saturated carbocycles. The minimum absolute atomic E-state index is 0.0424. The van der Waals surface area contributed by atoms with E-state index >= 15 is 0 Å². The summed E-state index contributed by atoms with van der Waals surface area (Å²) in [5.41, 5.74) is 4.23. The smallest absolute Gasteiger partial charge is 0.262 e. The maximum Gasteiger partial charge on any atom is 0.262 e. The maximum absolute atomic E-state index is 13.5. The van der Waals surface area contributed by atoms with Gasteiger partial charge in [0.25, 0.3) is 5.91 Å². The van der Waals surface area contributed by atoms with Crippen molar-refractivity contribution in [1.82, 2.24) is 5.01 Å². The first-order chi connectivity index (χ1) is 17.4. The van der Waals surface area contributed by atoms with Crippen LogP contribution in [0.3, 0.4) is 0 Å². The van der Waals surface area contributed by atoms with Gasteiger partial charge in [0.05, 0.1) is 22.5 Å². The molecule has 0 aliphatic carbocycles. The van der Waals surface area contributed by atoms with Crippen LogP contribution in [0.1, 0.15) is 35.6 Å². The molecule has 0 fully saturated rings. The van der Waals surface area contributed by atoms with Crippen molar-refractivity contribution in [2.75, 3.05) is 5.32 Å². The highest BCUT2D eigenvalue weighted by Crippen LogP contribution is 2.38. The summed E-state index contributed by atoms with van der Waals surface area (Å²) in [4.78, 5) is 29.6. The van der Waals surface area contributed by atoms with Crippen LogP contribution in [0.2, 0.25) is 5.02 Å². The van der Waals surface area contributed by atoms with E-state index < -0.39 is 5.25 Å². The Hall–Kier alpha value is -3.49. The lowest BCUT2D eigenvalue weighted by atomic mass is 9.98. The number of aryl methyl sites for hydroxylation is 1. The van der Waals surface area contributed by atoms with Crippen LogP contribution in [0.5, 0.6) is 0 Å². The predicted octanol–water partition coefficient (Wildman–Crippen LogP) is 5.97. The average molecular weight is 521 g/mol. The number of hydrazone groups is 1. The fraction of sp³-hybridized carbons (Fsp3) is 0.185. The van der Waals surface area contributed by atoms with E-state index in [1.165, 1.54) is 23.9 Å². The number of halogens is 2.